The lowest BCUT2D eigenvalue weighted by molar-refractivity contribution is 0.604. The van der Waals surface area contributed by atoms with E-state index in [0.717, 1.165) is 0 Å². The molecule has 7 heteroatoms. The van der Waals surface area contributed by atoms with Gasteiger partial charge >= 0.3 is 0 Å². The number of aryl methyl sites for hydroxylation is 1. The van der Waals surface area contributed by atoms with Gasteiger partial charge in [-0.05, 0) is 35.0 Å². The maximum absolute atomic E-state index is 11.3. The van der Waals surface area contributed by atoms with Gasteiger partial charge in [0, 0.05) is 0 Å². The van der Waals surface area contributed by atoms with Crippen molar-refractivity contribution in [3.8, 4) is 6.07 Å². The lowest BCUT2D eigenvalue weighted by Gasteiger charge is -2.07. The van der Waals surface area contributed by atoms with Gasteiger partial charge in [0.25, 0.3) is 0 Å². The molecular weight excluding hydrogens is 282 g/mol. The lowest BCUT2D eigenvalue weighted by atomic mass is 10.3. The first-order valence-corrected chi connectivity index (χ1v) is 6.40. The fourth-order valence-corrected chi connectivity index (χ4v) is 2.12. The molecule has 80 valence electrons. The molecule has 15 heavy (non-hydrogen) atoms. The van der Waals surface area contributed by atoms with Gasteiger partial charge in [-0.15, -0.1) is 0 Å². The highest BCUT2D eigenvalue weighted by atomic mass is 79.9. The third-order valence-corrected chi connectivity index (χ3v) is 3.05. The van der Waals surface area contributed by atoms with Gasteiger partial charge in [-0.2, -0.15) is 5.26 Å². The first-order valence-electron chi connectivity index (χ1n) is 3.95. The summed E-state index contributed by atoms with van der Waals surface area (Å²) >= 11 is 3.17. The zero-order valence-corrected chi connectivity index (χ0v) is 10.3. The van der Waals surface area contributed by atoms with Crippen LogP contribution in [0.15, 0.2) is 16.7 Å². The van der Waals surface area contributed by atoms with Crippen molar-refractivity contribution in [2.75, 3.05) is 10.5 Å². The smallest absolute Gasteiger partial charge is 0.246 e. The molecule has 0 aliphatic heterocycles. The van der Waals surface area contributed by atoms with Crippen LogP contribution in [-0.2, 0) is 10.0 Å². The summed E-state index contributed by atoms with van der Waals surface area (Å²) in [5.74, 6) is -0.567. The van der Waals surface area contributed by atoms with Crippen molar-refractivity contribution in [1.82, 2.24) is 4.98 Å². The van der Waals surface area contributed by atoms with E-state index in [1.165, 1.54) is 0 Å². The fourth-order valence-electron chi connectivity index (χ4n) is 0.927. The van der Waals surface area contributed by atoms with Crippen LogP contribution in [0.1, 0.15) is 5.69 Å². The molecule has 0 aliphatic carbocycles. The number of pyridine rings is 1. The Balaban J connectivity index is 2.96. The number of hydrogen-bond donors (Lipinski definition) is 1. The van der Waals surface area contributed by atoms with E-state index < -0.39 is 15.8 Å². The van der Waals surface area contributed by atoms with E-state index in [2.05, 4.69) is 25.6 Å². The average molecular weight is 290 g/mol. The summed E-state index contributed by atoms with van der Waals surface area (Å²) < 4.78 is 25.4. The Morgan fingerprint density at radius 3 is 2.80 bits per heavy atom. The van der Waals surface area contributed by atoms with Crippen molar-refractivity contribution in [3.05, 3.63) is 22.4 Å². The van der Waals surface area contributed by atoms with Crippen LogP contribution in [0.2, 0.25) is 0 Å². The molecule has 0 aromatic carbocycles. The van der Waals surface area contributed by atoms with Crippen LogP contribution in [0.25, 0.3) is 0 Å². The SMILES string of the molecule is Cc1nc(Br)ccc1NS(=O)(=O)CC#N. The van der Waals surface area contributed by atoms with Crippen LogP contribution in [-0.4, -0.2) is 19.2 Å². The van der Waals surface area contributed by atoms with E-state index in [-0.39, 0.29) is 0 Å². The molecule has 0 radical (unpaired) electrons. The Bertz CT molecular complexity index is 507. The van der Waals surface area contributed by atoms with Crippen molar-refractivity contribution >= 4 is 31.6 Å². The molecule has 0 unspecified atom stereocenters. The molecular formula is C8H8BrN3O2S. The molecule has 0 atom stereocenters. The summed E-state index contributed by atoms with van der Waals surface area (Å²) in [6.45, 7) is 1.68. The number of sulfonamides is 1. The third kappa shape index (κ3) is 3.49. The maximum atomic E-state index is 11.3. The summed E-state index contributed by atoms with van der Waals surface area (Å²) in [4.78, 5) is 4.02. The Morgan fingerprint density at radius 2 is 2.27 bits per heavy atom. The molecule has 1 heterocycles. The first kappa shape index (κ1) is 11.9. The second kappa shape index (κ2) is 4.59. The number of nitriles is 1. The quantitative estimate of drug-likeness (QED) is 0.853. The monoisotopic (exact) mass is 289 g/mol. The summed E-state index contributed by atoms with van der Waals surface area (Å²) in [6.07, 6.45) is 0. The van der Waals surface area contributed by atoms with Crippen LogP contribution >= 0.6 is 15.9 Å². The third-order valence-electron chi connectivity index (χ3n) is 1.57. The number of anilines is 1. The highest BCUT2D eigenvalue weighted by Gasteiger charge is 2.11. The number of halogens is 1. The minimum absolute atomic E-state index is 0.383. The molecule has 0 amide bonds. The van der Waals surface area contributed by atoms with E-state index in [9.17, 15) is 8.42 Å². The van der Waals surface area contributed by atoms with Crippen LogP contribution in [0.5, 0.6) is 0 Å². The van der Waals surface area contributed by atoms with Gasteiger partial charge in [-0.25, -0.2) is 13.4 Å². The second-order valence-corrected chi connectivity index (χ2v) is 5.32. The zero-order chi connectivity index (χ0) is 11.5. The number of nitrogens with one attached hydrogen (secondary N) is 1. The highest BCUT2D eigenvalue weighted by Crippen LogP contribution is 2.17. The van der Waals surface area contributed by atoms with Gasteiger partial charge in [0.15, 0.2) is 5.75 Å². The molecule has 0 aliphatic rings. The molecule has 1 aromatic rings. The lowest BCUT2D eigenvalue weighted by Crippen LogP contribution is -2.16. The zero-order valence-electron chi connectivity index (χ0n) is 7.86. The molecule has 1 aromatic heterocycles. The van der Waals surface area contributed by atoms with E-state index in [1.807, 2.05) is 0 Å². The molecule has 0 spiro atoms. The average Bonchev–Trinajstić information content (AvgIpc) is 2.09. The van der Waals surface area contributed by atoms with Crippen molar-refractivity contribution in [1.29, 1.82) is 5.26 Å². The van der Waals surface area contributed by atoms with Gasteiger partial charge in [-0.3, -0.25) is 4.72 Å². The van der Waals surface area contributed by atoms with E-state index in [1.54, 1.807) is 25.1 Å². The number of nitrogens with zero attached hydrogens (tertiary/aromatic N) is 2. The van der Waals surface area contributed by atoms with Crippen LogP contribution < -0.4 is 4.72 Å². The fraction of sp³-hybridized carbons (Fsp3) is 0.250. The molecule has 1 N–H and O–H groups in total. The van der Waals surface area contributed by atoms with E-state index in [4.69, 9.17) is 5.26 Å². The minimum Gasteiger partial charge on any atom is -0.281 e. The normalized spacial score (nSPS) is 10.7. The van der Waals surface area contributed by atoms with E-state index in [0.29, 0.717) is 16.0 Å². The Labute approximate surface area is 96.3 Å². The number of aromatic nitrogens is 1. The molecule has 1 rings (SSSR count). The molecule has 5 nitrogen and oxygen atoms in total. The van der Waals surface area contributed by atoms with Crippen molar-refractivity contribution in [2.24, 2.45) is 0 Å². The summed E-state index contributed by atoms with van der Waals surface area (Å²) in [5, 5.41) is 8.30. The standard InChI is InChI=1S/C8H8BrN3O2S/c1-6-7(2-3-8(9)11-6)12-15(13,14)5-4-10/h2-3,12H,5H2,1H3. The van der Waals surface area contributed by atoms with Crippen LogP contribution in [0.3, 0.4) is 0 Å². The molecule has 0 bridgehead atoms. The predicted molar refractivity (Wildman–Crippen MR) is 59.7 cm³/mol. The molecule has 0 fully saturated rings. The van der Waals surface area contributed by atoms with Gasteiger partial charge in [0.1, 0.15) is 4.60 Å². The Hall–Kier alpha value is -1.13. The van der Waals surface area contributed by atoms with Gasteiger partial charge in [0.2, 0.25) is 10.0 Å². The van der Waals surface area contributed by atoms with Crippen molar-refractivity contribution < 1.29 is 8.42 Å². The van der Waals surface area contributed by atoms with Crippen LogP contribution in [0.4, 0.5) is 5.69 Å². The minimum atomic E-state index is -3.59. The van der Waals surface area contributed by atoms with Gasteiger partial charge in [-0.1, -0.05) is 0 Å². The number of rotatable bonds is 3. The maximum Gasteiger partial charge on any atom is 0.246 e. The molecule has 0 saturated carbocycles. The van der Waals surface area contributed by atoms with Crippen molar-refractivity contribution in [2.45, 2.75) is 6.92 Å². The number of hydrogen-bond acceptors (Lipinski definition) is 4. The summed E-state index contributed by atoms with van der Waals surface area (Å²) in [6, 6.07) is 4.79. The summed E-state index contributed by atoms with van der Waals surface area (Å²) in [5.41, 5.74) is 0.930. The van der Waals surface area contributed by atoms with E-state index >= 15 is 0 Å². The topological polar surface area (TPSA) is 82.8 Å². The highest BCUT2D eigenvalue weighted by molar-refractivity contribution is 9.10. The van der Waals surface area contributed by atoms with Crippen LogP contribution in [0, 0.1) is 18.3 Å². The largest absolute Gasteiger partial charge is 0.281 e. The summed E-state index contributed by atoms with van der Waals surface area (Å²) in [7, 11) is -3.59. The van der Waals surface area contributed by atoms with Crippen molar-refractivity contribution in [3.63, 3.8) is 0 Å². The van der Waals surface area contributed by atoms with Gasteiger partial charge in [0.05, 0.1) is 17.5 Å². The molecule has 0 saturated heterocycles. The predicted octanol–water partition coefficient (Wildman–Crippen LogP) is 1.42. The Kier molecular flexibility index (Phi) is 3.66. The Morgan fingerprint density at radius 1 is 1.60 bits per heavy atom. The second-order valence-electron chi connectivity index (χ2n) is 2.79. The first-order chi connectivity index (χ1) is 6.94. The van der Waals surface area contributed by atoms with Gasteiger partial charge < -0.3 is 0 Å².